The van der Waals surface area contributed by atoms with Gasteiger partial charge in [0.2, 0.25) is 5.69 Å². The van der Waals surface area contributed by atoms with Gasteiger partial charge in [-0.05, 0) is 48.4 Å². The number of rotatable bonds is 6. The lowest BCUT2D eigenvalue weighted by Crippen LogP contribution is -2.68. The lowest BCUT2D eigenvalue weighted by molar-refractivity contribution is -0.782. The smallest absolute Gasteiger partial charge is 0.192 e. The minimum atomic E-state index is 0.0289. The zero-order valence-electron chi connectivity index (χ0n) is 20.2. The molecule has 2 aliphatic rings. The van der Waals surface area contributed by atoms with E-state index < -0.39 is 0 Å². The quantitative estimate of drug-likeness (QED) is 0.441. The van der Waals surface area contributed by atoms with Crippen molar-refractivity contribution in [2.45, 2.75) is 97.9 Å². The summed E-state index contributed by atoms with van der Waals surface area (Å²) in [7, 11) is 0. The number of fused-ring (bicyclic) bond motifs is 4. The first-order valence-corrected chi connectivity index (χ1v) is 12.2. The number of pyridine rings is 1. The molecule has 1 aromatic carbocycles. The van der Waals surface area contributed by atoms with Crippen molar-refractivity contribution in [3.8, 4) is 0 Å². The van der Waals surface area contributed by atoms with Crippen LogP contribution in [0.5, 0.6) is 0 Å². The molecule has 0 saturated carbocycles. The molecule has 1 aliphatic heterocycles. The average molecular weight is 403 g/mol. The highest BCUT2D eigenvalue weighted by atomic mass is 15.1. The zero-order chi connectivity index (χ0) is 21.7. The molecule has 0 saturated heterocycles. The number of hydrogen-bond donors (Lipinski definition) is 0. The largest absolute Gasteiger partial charge is 0.210 e. The van der Waals surface area contributed by atoms with Gasteiger partial charge in [-0.25, -0.2) is 0 Å². The van der Waals surface area contributed by atoms with E-state index in [1.807, 2.05) is 0 Å². The second-order valence-corrected chi connectivity index (χ2v) is 10.2. The Kier molecular flexibility index (Phi) is 5.24. The minimum Gasteiger partial charge on any atom is -0.192 e. The molecule has 2 aromatic rings. The van der Waals surface area contributed by atoms with E-state index >= 15 is 0 Å². The molecule has 1 aromatic heterocycles. The monoisotopic (exact) mass is 402 g/mol. The molecule has 1 atom stereocenters. The van der Waals surface area contributed by atoms with Crippen LogP contribution < -0.4 is 4.57 Å². The summed E-state index contributed by atoms with van der Waals surface area (Å²) < 4.78 is 2.69. The van der Waals surface area contributed by atoms with Crippen molar-refractivity contribution >= 4 is 11.1 Å². The normalized spacial score (nSPS) is 23.2. The molecule has 0 bridgehead atoms. The van der Waals surface area contributed by atoms with Crippen LogP contribution in [0, 0.1) is 5.41 Å². The minimum absolute atomic E-state index is 0.0289. The van der Waals surface area contributed by atoms with Crippen molar-refractivity contribution in [2.75, 3.05) is 0 Å². The van der Waals surface area contributed by atoms with Crippen LogP contribution in [-0.4, -0.2) is 0 Å². The van der Waals surface area contributed by atoms with Crippen molar-refractivity contribution in [1.82, 2.24) is 0 Å². The molecule has 30 heavy (non-hydrogen) atoms. The predicted octanol–water partition coefficient (Wildman–Crippen LogP) is 7.46. The van der Waals surface area contributed by atoms with E-state index in [-0.39, 0.29) is 16.4 Å². The molecule has 0 fully saturated rings. The first-order chi connectivity index (χ1) is 14.3. The van der Waals surface area contributed by atoms with Crippen molar-refractivity contribution < 1.29 is 4.57 Å². The summed E-state index contributed by atoms with van der Waals surface area (Å²) in [5, 5.41) is 0. The van der Waals surface area contributed by atoms with E-state index in [1.165, 1.54) is 41.6 Å². The number of aromatic nitrogens is 1. The summed E-state index contributed by atoms with van der Waals surface area (Å²) in [6.07, 6.45) is 9.58. The highest BCUT2D eigenvalue weighted by Crippen LogP contribution is 2.63. The van der Waals surface area contributed by atoms with Crippen LogP contribution in [0.4, 0.5) is 0 Å². The third-order valence-corrected chi connectivity index (χ3v) is 8.76. The van der Waals surface area contributed by atoms with E-state index in [4.69, 9.17) is 0 Å². The molecule has 2 heterocycles. The van der Waals surface area contributed by atoms with Gasteiger partial charge in [0.05, 0.1) is 5.41 Å². The average Bonchev–Trinajstić information content (AvgIpc) is 3.01. The standard InChI is InChI=1S/C29H40N/c1-8-12-15-21-18-19-30-24(20-21)26-25(28(7,9-2)29(30,10-3)11-4)22-16-13-14-17-23(22)27(26,5)6/h13-14,16-20H,8-12,15H2,1-7H3/q+1. The summed E-state index contributed by atoms with van der Waals surface area (Å²) in [6, 6.07) is 14.2. The zero-order valence-corrected chi connectivity index (χ0v) is 20.2. The van der Waals surface area contributed by atoms with Gasteiger partial charge in [0.15, 0.2) is 11.7 Å². The molecule has 1 aliphatic carbocycles. The topological polar surface area (TPSA) is 3.88 Å². The Bertz CT molecular complexity index is 989. The first kappa shape index (κ1) is 21.3. The third-order valence-electron chi connectivity index (χ3n) is 8.76. The summed E-state index contributed by atoms with van der Waals surface area (Å²) in [5.41, 5.74) is 9.40. The Hall–Kier alpha value is -1.89. The molecule has 0 spiro atoms. The summed E-state index contributed by atoms with van der Waals surface area (Å²) in [5.74, 6) is 0. The van der Waals surface area contributed by atoms with E-state index in [2.05, 4.69) is 95.6 Å². The molecule has 4 rings (SSSR count). The Morgan fingerprint density at radius 2 is 1.53 bits per heavy atom. The van der Waals surface area contributed by atoms with Gasteiger partial charge >= 0.3 is 0 Å². The van der Waals surface area contributed by atoms with Gasteiger partial charge in [0, 0.05) is 36.0 Å². The maximum atomic E-state index is 2.69. The number of hydrogen-bond acceptors (Lipinski definition) is 0. The summed E-state index contributed by atoms with van der Waals surface area (Å²) >= 11 is 0. The number of allylic oxidation sites excluding steroid dienone is 2. The van der Waals surface area contributed by atoms with Crippen molar-refractivity contribution in [1.29, 1.82) is 0 Å². The van der Waals surface area contributed by atoms with Crippen molar-refractivity contribution in [3.63, 3.8) is 0 Å². The fourth-order valence-electron chi connectivity index (χ4n) is 6.87. The molecule has 1 heteroatoms. The SMILES string of the molecule is CCCCc1cc[n+]2c(c1)C1=C(c3ccccc3C1(C)C)C(C)(CC)C2(CC)CC. The molecule has 0 amide bonds. The molecule has 1 unspecified atom stereocenters. The van der Waals surface area contributed by atoms with E-state index in [9.17, 15) is 0 Å². The van der Waals surface area contributed by atoms with E-state index in [0.717, 1.165) is 19.3 Å². The molecule has 0 N–H and O–H groups in total. The van der Waals surface area contributed by atoms with Gasteiger partial charge in [-0.3, -0.25) is 0 Å². The second-order valence-electron chi connectivity index (χ2n) is 10.2. The Labute approximate surface area is 184 Å². The van der Waals surface area contributed by atoms with E-state index in [0.29, 0.717) is 0 Å². The highest BCUT2D eigenvalue weighted by molar-refractivity contribution is 6.02. The molecular formula is C29H40N+. The summed E-state index contributed by atoms with van der Waals surface area (Å²) in [4.78, 5) is 0. The Morgan fingerprint density at radius 1 is 0.833 bits per heavy atom. The van der Waals surface area contributed by atoms with Crippen LogP contribution in [0.25, 0.3) is 11.1 Å². The fraction of sp³-hybridized carbons (Fsp3) is 0.552. The van der Waals surface area contributed by atoms with Crippen LogP contribution in [-0.2, 0) is 17.4 Å². The van der Waals surface area contributed by atoms with Gasteiger partial charge in [-0.1, -0.05) is 72.2 Å². The maximum absolute atomic E-state index is 2.69. The van der Waals surface area contributed by atoms with Gasteiger partial charge in [0.1, 0.15) is 0 Å². The first-order valence-electron chi connectivity index (χ1n) is 12.2. The van der Waals surface area contributed by atoms with Gasteiger partial charge in [0.25, 0.3) is 0 Å². The van der Waals surface area contributed by atoms with Gasteiger partial charge in [-0.2, -0.15) is 4.57 Å². The Balaban J connectivity index is 2.11. The highest BCUT2D eigenvalue weighted by Gasteiger charge is 2.63. The number of benzene rings is 1. The van der Waals surface area contributed by atoms with Crippen LogP contribution in [0.2, 0.25) is 0 Å². The van der Waals surface area contributed by atoms with Crippen LogP contribution in [0.3, 0.4) is 0 Å². The van der Waals surface area contributed by atoms with Crippen molar-refractivity contribution in [2.24, 2.45) is 5.41 Å². The number of aryl methyl sites for hydroxylation is 1. The molecule has 1 nitrogen and oxygen atoms in total. The van der Waals surface area contributed by atoms with E-state index in [1.54, 1.807) is 11.1 Å². The molecule has 160 valence electrons. The summed E-state index contributed by atoms with van der Waals surface area (Å²) in [6.45, 7) is 16.9. The van der Waals surface area contributed by atoms with Gasteiger partial charge < -0.3 is 0 Å². The lowest BCUT2D eigenvalue weighted by Gasteiger charge is -2.48. The third kappa shape index (κ3) is 2.57. The van der Waals surface area contributed by atoms with Crippen LogP contribution >= 0.6 is 0 Å². The lowest BCUT2D eigenvalue weighted by atomic mass is 9.57. The fourth-order valence-corrected chi connectivity index (χ4v) is 6.87. The number of unbranched alkanes of at least 4 members (excludes halogenated alkanes) is 1. The predicted molar refractivity (Wildman–Crippen MR) is 128 cm³/mol. The van der Waals surface area contributed by atoms with Gasteiger partial charge in [-0.15, -0.1) is 0 Å². The Morgan fingerprint density at radius 3 is 2.17 bits per heavy atom. The molecule has 0 radical (unpaired) electrons. The number of nitrogens with zero attached hydrogens (tertiary/aromatic N) is 1. The van der Waals surface area contributed by atoms with Crippen LogP contribution in [0.1, 0.15) is 103 Å². The molecular weight excluding hydrogens is 362 g/mol. The van der Waals surface area contributed by atoms with Crippen molar-refractivity contribution in [3.05, 3.63) is 65.0 Å². The maximum Gasteiger partial charge on any atom is 0.210 e. The second kappa shape index (κ2) is 7.36. The van der Waals surface area contributed by atoms with Crippen LogP contribution in [0.15, 0.2) is 42.6 Å².